The Hall–Kier alpha value is -4.26. The highest BCUT2D eigenvalue weighted by atomic mass is 16.5. The lowest BCUT2D eigenvalue weighted by molar-refractivity contribution is -0.131. The molecule has 4 rings (SSSR count). The van der Waals surface area contributed by atoms with Crippen molar-refractivity contribution in [1.29, 1.82) is 0 Å². The van der Waals surface area contributed by atoms with Crippen LogP contribution in [0.25, 0.3) is 22.9 Å². The van der Waals surface area contributed by atoms with Gasteiger partial charge in [-0.05, 0) is 60.7 Å². The van der Waals surface area contributed by atoms with Crippen molar-refractivity contribution in [3.63, 3.8) is 0 Å². The van der Waals surface area contributed by atoms with E-state index in [1.54, 1.807) is 24.3 Å². The van der Waals surface area contributed by atoms with Gasteiger partial charge in [0.25, 0.3) is 0 Å². The Bertz CT molecular complexity index is 1170. The molecule has 3 aromatic carbocycles. The Morgan fingerprint density at radius 1 is 0.700 bits per heavy atom. The highest BCUT2D eigenvalue weighted by Crippen LogP contribution is 2.25. The van der Waals surface area contributed by atoms with Crippen molar-refractivity contribution in [3.05, 3.63) is 84.4 Å². The predicted molar refractivity (Wildman–Crippen MR) is 108 cm³/mol. The number of benzene rings is 3. The monoisotopic (exact) mass is 400 g/mol. The van der Waals surface area contributed by atoms with Crippen molar-refractivity contribution < 1.29 is 23.5 Å². The SMILES string of the molecule is CC(=O)Oc1ccc(C(=O)Oc2ccc(-c3nnc(-c4ccccc4)o3)cc2)cc1. The number of rotatable bonds is 5. The van der Waals surface area contributed by atoms with Crippen molar-refractivity contribution >= 4 is 11.9 Å². The zero-order chi connectivity index (χ0) is 20.9. The number of aromatic nitrogens is 2. The Kier molecular flexibility index (Phi) is 5.34. The molecule has 0 aliphatic rings. The van der Waals surface area contributed by atoms with E-state index in [9.17, 15) is 9.59 Å². The molecule has 148 valence electrons. The molecule has 0 spiro atoms. The van der Waals surface area contributed by atoms with Gasteiger partial charge in [0.2, 0.25) is 11.8 Å². The van der Waals surface area contributed by atoms with Crippen molar-refractivity contribution in [1.82, 2.24) is 10.2 Å². The van der Waals surface area contributed by atoms with Crippen molar-refractivity contribution in [3.8, 4) is 34.4 Å². The zero-order valence-electron chi connectivity index (χ0n) is 15.9. The molecule has 0 amide bonds. The normalized spacial score (nSPS) is 10.4. The van der Waals surface area contributed by atoms with E-state index in [-0.39, 0.29) is 0 Å². The van der Waals surface area contributed by atoms with Crippen molar-refractivity contribution in [2.75, 3.05) is 0 Å². The van der Waals surface area contributed by atoms with E-state index in [1.807, 2.05) is 30.3 Å². The van der Waals surface area contributed by atoms with Gasteiger partial charge in [0.15, 0.2) is 0 Å². The van der Waals surface area contributed by atoms with E-state index in [4.69, 9.17) is 13.9 Å². The van der Waals surface area contributed by atoms with Gasteiger partial charge < -0.3 is 13.9 Å². The molecule has 0 saturated carbocycles. The molecule has 0 radical (unpaired) electrons. The molecule has 0 bridgehead atoms. The smallest absolute Gasteiger partial charge is 0.343 e. The summed E-state index contributed by atoms with van der Waals surface area (Å²) in [5, 5.41) is 8.13. The minimum Gasteiger partial charge on any atom is -0.427 e. The van der Waals surface area contributed by atoms with Gasteiger partial charge in [-0.25, -0.2) is 4.79 Å². The summed E-state index contributed by atoms with van der Waals surface area (Å²) in [5.41, 5.74) is 1.87. The van der Waals surface area contributed by atoms with E-state index >= 15 is 0 Å². The number of nitrogens with zero attached hydrogens (tertiary/aromatic N) is 2. The third-order valence-electron chi connectivity index (χ3n) is 4.11. The fourth-order valence-electron chi connectivity index (χ4n) is 2.69. The summed E-state index contributed by atoms with van der Waals surface area (Å²) in [6.45, 7) is 1.31. The van der Waals surface area contributed by atoms with E-state index < -0.39 is 11.9 Å². The van der Waals surface area contributed by atoms with Gasteiger partial charge in [0.05, 0.1) is 5.56 Å². The first kappa shape index (κ1) is 19.1. The molecular formula is C23H16N2O5. The first-order chi connectivity index (χ1) is 14.6. The second-order valence-corrected chi connectivity index (χ2v) is 6.31. The standard InChI is InChI=1S/C23H16N2O5/c1-15(26)28-19-13-9-18(10-14-19)23(27)29-20-11-7-17(8-12-20)22-25-24-21(30-22)16-5-3-2-4-6-16/h2-14H,1H3. The number of hydrogen-bond acceptors (Lipinski definition) is 7. The lowest BCUT2D eigenvalue weighted by Crippen LogP contribution is -2.08. The van der Waals surface area contributed by atoms with Crippen LogP contribution < -0.4 is 9.47 Å². The quantitative estimate of drug-likeness (QED) is 0.358. The van der Waals surface area contributed by atoms with Gasteiger partial charge in [-0.15, -0.1) is 10.2 Å². The van der Waals surface area contributed by atoms with E-state index in [0.717, 1.165) is 5.56 Å². The minimum atomic E-state index is -0.527. The van der Waals surface area contributed by atoms with Gasteiger partial charge in [0, 0.05) is 18.1 Å². The number of esters is 2. The van der Waals surface area contributed by atoms with Crippen LogP contribution in [0.3, 0.4) is 0 Å². The van der Waals surface area contributed by atoms with Crippen LogP contribution >= 0.6 is 0 Å². The molecule has 7 nitrogen and oxygen atoms in total. The maximum atomic E-state index is 12.3. The second kappa shape index (κ2) is 8.40. The molecule has 0 atom stereocenters. The molecule has 0 unspecified atom stereocenters. The molecule has 0 aliphatic heterocycles. The van der Waals surface area contributed by atoms with Crippen molar-refractivity contribution in [2.24, 2.45) is 0 Å². The number of carbonyl (C=O) groups excluding carboxylic acids is 2. The molecule has 30 heavy (non-hydrogen) atoms. The van der Waals surface area contributed by atoms with Gasteiger partial charge in [-0.2, -0.15) is 0 Å². The fraction of sp³-hybridized carbons (Fsp3) is 0.0435. The maximum absolute atomic E-state index is 12.3. The first-order valence-corrected chi connectivity index (χ1v) is 9.08. The summed E-state index contributed by atoms with van der Waals surface area (Å²) in [4.78, 5) is 23.2. The maximum Gasteiger partial charge on any atom is 0.343 e. The molecule has 0 saturated heterocycles. The Labute approximate surface area is 171 Å². The average Bonchev–Trinajstić information content (AvgIpc) is 3.25. The van der Waals surface area contributed by atoms with Gasteiger partial charge >= 0.3 is 11.9 Å². The number of hydrogen-bond donors (Lipinski definition) is 0. The summed E-state index contributed by atoms with van der Waals surface area (Å²) in [6.07, 6.45) is 0. The van der Waals surface area contributed by atoms with E-state index in [1.165, 1.54) is 31.2 Å². The largest absolute Gasteiger partial charge is 0.427 e. The Balaban J connectivity index is 1.43. The van der Waals surface area contributed by atoms with Crippen LogP contribution in [0.1, 0.15) is 17.3 Å². The van der Waals surface area contributed by atoms with Crippen LogP contribution in [0.15, 0.2) is 83.3 Å². The van der Waals surface area contributed by atoms with E-state index in [2.05, 4.69) is 10.2 Å². The molecule has 0 aliphatic carbocycles. The fourth-order valence-corrected chi connectivity index (χ4v) is 2.69. The third-order valence-corrected chi connectivity index (χ3v) is 4.11. The molecule has 1 heterocycles. The Morgan fingerprint density at radius 3 is 1.83 bits per heavy atom. The summed E-state index contributed by atoms with van der Waals surface area (Å²) < 4.78 is 16.0. The van der Waals surface area contributed by atoms with Gasteiger partial charge in [-0.3, -0.25) is 4.79 Å². The van der Waals surface area contributed by atoms with Gasteiger partial charge in [0.1, 0.15) is 11.5 Å². The Morgan fingerprint density at radius 2 is 1.23 bits per heavy atom. The van der Waals surface area contributed by atoms with Crippen LogP contribution in [-0.4, -0.2) is 22.1 Å². The molecular weight excluding hydrogens is 384 g/mol. The summed E-state index contributed by atoms with van der Waals surface area (Å²) in [7, 11) is 0. The summed E-state index contributed by atoms with van der Waals surface area (Å²) >= 11 is 0. The third kappa shape index (κ3) is 4.41. The summed E-state index contributed by atoms with van der Waals surface area (Å²) in [6, 6.07) is 22.3. The molecule has 4 aromatic rings. The highest BCUT2D eigenvalue weighted by molar-refractivity contribution is 5.91. The number of carbonyl (C=O) groups is 2. The van der Waals surface area contributed by atoms with Crippen LogP contribution in [0, 0.1) is 0 Å². The zero-order valence-corrected chi connectivity index (χ0v) is 15.9. The number of ether oxygens (including phenoxy) is 2. The molecule has 1 aromatic heterocycles. The van der Waals surface area contributed by atoms with E-state index in [0.29, 0.717) is 34.4 Å². The van der Waals surface area contributed by atoms with Crippen LogP contribution in [0.5, 0.6) is 11.5 Å². The molecule has 7 heteroatoms. The lowest BCUT2D eigenvalue weighted by Gasteiger charge is -2.06. The van der Waals surface area contributed by atoms with Crippen LogP contribution in [0.4, 0.5) is 0 Å². The topological polar surface area (TPSA) is 91.5 Å². The second-order valence-electron chi connectivity index (χ2n) is 6.31. The average molecular weight is 400 g/mol. The lowest BCUT2D eigenvalue weighted by atomic mass is 10.2. The van der Waals surface area contributed by atoms with Gasteiger partial charge in [-0.1, -0.05) is 18.2 Å². The molecule has 0 N–H and O–H groups in total. The minimum absolute atomic E-state index is 0.333. The molecule has 0 fully saturated rings. The van der Waals surface area contributed by atoms with Crippen LogP contribution in [0.2, 0.25) is 0 Å². The first-order valence-electron chi connectivity index (χ1n) is 9.08. The summed E-state index contributed by atoms with van der Waals surface area (Å²) in [5.74, 6) is 0.573. The van der Waals surface area contributed by atoms with Crippen molar-refractivity contribution in [2.45, 2.75) is 6.92 Å². The van der Waals surface area contributed by atoms with Crippen LogP contribution in [-0.2, 0) is 4.79 Å². The highest BCUT2D eigenvalue weighted by Gasteiger charge is 2.12. The predicted octanol–water partition coefficient (Wildman–Crippen LogP) is 4.55.